The average molecular weight is 1440 g/mol. The molecule has 4 unspecified atom stereocenters. The Morgan fingerprint density at radius 2 is 0.490 bits per heavy atom. The molecule has 0 spiro atoms. The molecule has 0 saturated heterocycles. The Bertz CT molecular complexity index is 1920. The molecule has 0 heterocycles. The van der Waals surface area contributed by atoms with Gasteiger partial charge in [-0.2, -0.15) is 0 Å². The van der Waals surface area contributed by atoms with Crippen LogP contribution in [-0.4, -0.2) is 96.7 Å². The quantitative estimate of drug-likeness (QED) is 0.0222. The van der Waals surface area contributed by atoms with Gasteiger partial charge >= 0.3 is 39.5 Å². The van der Waals surface area contributed by atoms with E-state index >= 15 is 0 Å². The van der Waals surface area contributed by atoms with E-state index < -0.39 is 97.5 Å². The average Bonchev–Trinajstić information content (AvgIpc) is 0.965. The Kier molecular flexibility index (Phi) is 66.8. The van der Waals surface area contributed by atoms with Gasteiger partial charge in [-0.05, 0) is 49.4 Å². The largest absolute Gasteiger partial charge is 0.472 e. The summed E-state index contributed by atoms with van der Waals surface area (Å²) in [5.74, 6) is 0.984. The summed E-state index contributed by atoms with van der Waals surface area (Å²) in [7, 11) is -9.92. The fraction of sp³-hybridized carbons (Fsp3) is 0.949. The first kappa shape index (κ1) is 96.1. The van der Waals surface area contributed by atoms with Gasteiger partial charge in [0.2, 0.25) is 0 Å². The van der Waals surface area contributed by atoms with E-state index in [2.05, 4.69) is 55.4 Å². The molecule has 0 aromatic carbocycles. The Hall–Kier alpha value is -1.94. The maximum absolute atomic E-state index is 13.1. The Labute approximate surface area is 600 Å². The van der Waals surface area contributed by atoms with Gasteiger partial charge in [-0.15, -0.1) is 0 Å². The van der Waals surface area contributed by atoms with Crippen molar-refractivity contribution in [1.29, 1.82) is 0 Å². The molecule has 17 nitrogen and oxygen atoms in total. The van der Waals surface area contributed by atoms with Crippen LogP contribution in [0, 0.1) is 23.7 Å². The van der Waals surface area contributed by atoms with Crippen molar-refractivity contribution in [3.05, 3.63) is 0 Å². The lowest BCUT2D eigenvalue weighted by molar-refractivity contribution is -0.161. The molecule has 0 amide bonds. The maximum Gasteiger partial charge on any atom is 0.472 e. The van der Waals surface area contributed by atoms with Crippen molar-refractivity contribution in [2.75, 3.05) is 39.6 Å². The van der Waals surface area contributed by atoms with Crippen molar-refractivity contribution in [3.63, 3.8) is 0 Å². The van der Waals surface area contributed by atoms with Crippen molar-refractivity contribution >= 4 is 39.5 Å². The molecule has 0 aromatic heterocycles. The molecule has 3 N–H and O–H groups in total. The minimum absolute atomic E-state index is 0.106. The molecular formula is C79H154O17P2. The van der Waals surface area contributed by atoms with Gasteiger partial charge in [0.05, 0.1) is 26.4 Å². The van der Waals surface area contributed by atoms with E-state index in [1.807, 2.05) is 0 Å². The van der Waals surface area contributed by atoms with E-state index in [9.17, 15) is 43.2 Å². The van der Waals surface area contributed by atoms with Crippen LogP contribution in [0.2, 0.25) is 0 Å². The summed E-state index contributed by atoms with van der Waals surface area (Å²) in [4.78, 5) is 72.9. The number of carbonyl (C=O) groups excluding carboxylic acids is 4. The second-order valence-electron chi connectivity index (χ2n) is 29.9. The van der Waals surface area contributed by atoms with E-state index in [1.165, 1.54) is 199 Å². The third kappa shape index (κ3) is 69.8. The zero-order valence-electron chi connectivity index (χ0n) is 64.4. The molecule has 0 aliphatic carbocycles. The molecule has 19 heteroatoms. The highest BCUT2D eigenvalue weighted by Crippen LogP contribution is 2.45. The van der Waals surface area contributed by atoms with Crippen molar-refractivity contribution < 1.29 is 80.2 Å². The molecule has 0 bridgehead atoms. The van der Waals surface area contributed by atoms with Gasteiger partial charge in [0, 0.05) is 25.7 Å². The SMILES string of the molecule is CCC(C)CCCCCCCCCCCCCCCCCCCCC(=O)O[C@H](COC(=O)CCCCCCCCC(C)C)COP(=O)(O)OC[C@H](O)COP(=O)(O)OC[C@@H](COC(=O)CCCCCCCCCCC(C)CC)OC(=O)CCCCCCCCCCCCCCC(C)C. The van der Waals surface area contributed by atoms with Gasteiger partial charge in [0.15, 0.2) is 12.2 Å². The molecule has 0 radical (unpaired) electrons. The number of unbranched alkanes of at least 4 members (excludes halogenated alkanes) is 40. The normalized spacial score (nSPS) is 14.6. The first-order valence-electron chi connectivity index (χ1n) is 40.8. The summed E-state index contributed by atoms with van der Waals surface area (Å²) in [5.41, 5.74) is 0. The third-order valence-electron chi connectivity index (χ3n) is 19.0. The van der Waals surface area contributed by atoms with Crippen molar-refractivity contribution in [2.24, 2.45) is 23.7 Å². The van der Waals surface area contributed by atoms with E-state index in [4.69, 9.17) is 37.0 Å². The summed E-state index contributed by atoms with van der Waals surface area (Å²) in [5, 5.41) is 10.6. The fourth-order valence-corrected chi connectivity index (χ4v) is 13.6. The van der Waals surface area contributed by atoms with Crippen LogP contribution in [0.5, 0.6) is 0 Å². The van der Waals surface area contributed by atoms with Gasteiger partial charge in [0.25, 0.3) is 0 Å². The highest BCUT2D eigenvalue weighted by atomic mass is 31.2. The monoisotopic (exact) mass is 1440 g/mol. The predicted octanol–water partition coefficient (Wildman–Crippen LogP) is 23.2. The number of hydrogen-bond acceptors (Lipinski definition) is 15. The van der Waals surface area contributed by atoms with Crippen LogP contribution in [0.25, 0.3) is 0 Å². The van der Waals surface area contributed by atoms with Crippen molar-refractivity contribution in [2.45, 2.75) is 420 Å². The highest BCUT2D eigenvalue weighted by Gasteiger charge is 2.30. The molecule has 0 aliphatic rings. The minimum Gasteiger partial charge on any atom is -0.462 e. The summed E-state index contributed by atoms with van der Waals surface area (Å²) < 4.78 is 68.6. The van der Waals surface area contributed by atoms with Crippen LogP contribution in [0.4, 0.5) is 0 Å². The number of carbonyl (C=O) groups is 4. The number of aliphatic hydroxyl groups is 1. The number of hydrogen-bond donors (Lipinski definition) is 3. The molecule has 7 atom stereocenters. The topological polar surface area (TPSA) is 237 Å². The highest BCUT2D eigenvalue weighted by molar-refractivity contribution is 7.47. The fourth-order valence-electron chi connectivity index (χ4n) is 12.0. The molecule has 0 saturated carbocycles. The first-order valence-corrected chi connectivity index (χ1v) is 43.8. The van der Waals surface area contributed by atoms with Crippen LogP contribution in [-0.2, 0) is 65.4 Å². The molecule has 0 aromatic rings. The van der Waals surface area contributed by atoms with E-state index in [-0.39, 0.29) is 25.7 Å². The van der Waals surface area contributed by atoms with Crippen LogP contribution < -0.4 is 0 Å². The van der Waals surface area contributed by atoms with Crippen molar-refractivity contribution in [3.8, 4) is 0 Å². The second kappa shape index (κ2) is 68.2. The van der Waals surface area contributed by atoms with Gasteiger partial charge in [-0.3, -0.25) is 37.3 Å². The van der Waals surface area contributed by atoms with Gasteiger partial charge in [-0.1, -0.05) is 351 Å². The zero-order chi connectivity index (χ0) is 72.4. The standard InChI is InChI=1S/C79H154O17P2/c1-9-71(7)57-49-41-32-26-22-17-15-13-11-12-14-16-18-23-27-35-45-53-61-79(84)96-75(66-90-77(82)60-52-44-38-37-40-48-56-70(5)6)68-94-98(87,88)92-64-73(80)63-91-97(85,86)93-67-74(65-89-76(81)59-51-43-34-30-29-33-42-50-58-72(8)10-2)95-78(83)62-54-46-36-28-24-20-19-21-25-31-39-47-55-69(3)4/h69-75,80H,9-68H2,1-8H3,(H,85,86)(H,87,88)/t71?,72?,73-,74-,75-/m1/s1. The van der Waals surface area contributed by atoms with Crippen LogP contribution in [0.15, 0.2) is 0 Å². The summed E-state index contributed by atoms with van der Waals surface area (Å²) in [6.45, 7) is 14.2. The number of phosphoric acid groups is 2. The van der Waals surface area contributed by atoms with Crippen LogP contribution in [0.3, 0.4) is 0 Å². The smallest absolute Gasteiger partial charge is 0.462 e. The molecule has 582 valence electrons. The lowest BCUT2D eigenvalue weighted by Crippen LogP contribution is -2.30. The lowest BCUT2D eigenvalue weighted by Gasteiger charge is -2.21. The molecule has 0 aliphatic heterocycles. The third-order valence-corrected chi connectivity index (χ3v) is 20.9. The van der Waals surface area contributed by atoms with E-state index in [0.717, 1.165) is 114 Å². The van der Waals surface area contributed by atoms with Gasteiger partial charge in [-0.25, -0.2) is 9.13 Å². The Morgan fingerprint density at radius 3 is 0.724 bits per heavy atom. The number of phosphoric ester groups is 2. The molecule has 98 heavy (non-hydrogen) atoms. The summed E-state index contributed by atoms with van der Waals surface area (Å²) in [6.07, 6.45) is 54.3. The zero-order valence-corrected chi connectivity index (χ0v) is 66.2. The minimum atomic E-state index is -4.96. The predicted molar refractivity (Wildman–Crippen MR) is 400 cm³/mol. The summed E-state index contributed by atoms with van der Waals surface area (Å²) >= 11 is 0. The molecule has 0 fully saturated rings. The number of esters is 4. The lowest BCUT2D eigenvalue weighted by atomic mass is 9.99. The summed E-state index contributed by atoms with van der Waals surface area (Å²) in [6, 6.07) is 0. The van der Waals surface area contributed by atoms with Crippen LogP contribution >= 0.6 is 15.6 Å². The Balaban J connectivity index is 5.17. The van der Waals surface area contributed by atoms with Crippen molar-refractivity contribution in [1.82, 2.24) is 0 Å². The molecule has 0 rings (SSSR count). The Morgan fingerprint density at radius 1 is 0.286 bits per heavy atom. The number of rotatable bonds is 76. The van der Waals surface area contributed by atoms with E-state index in [0.29, 0.717) is 31.6 Å². The van der Waals surface area contributed by atoms with Gasteiger partial charge in [0.1, 0.15) is 19.3 Å². The molecular weight excluding hydrogens is 1280 g/mol. The second-order valence-corrected chi connectivity index (χ2v) is 32.8. The van der Waals surface area contributed by atoms with Crippen LogP contribution in [0.1, 0.15) is 402 Å². The maximum atomic E-state index is 13.1. The van der Waals surface area contributed by atoms with E-state index in [1.54, 1.807) is 0 Å². The number of aliphatic hydroxyl groups excluding tert-OH is 1. The first-order chi connectivity index (χ1) is 47.2. The number of ether oxygens (including phenoxy) is 4. The van der Waals surface area contributed by atoms with Gasteiger partial charge < -0.3 is 33.8 Å².